The van der Waals surface area contributed by atoms with Crippen LogP contribution in [0.25, 0.3) is 0 Å². The second-order valence-corrected chi connectivity index (χ2v) is 3.44. The lowest BCUT2D eigenvalue weighted by atomic mass is 9.97. The number of aliphatic hydroxyl groups excluding tert-OH is 3. The van der Waals surface area contributed by atoms with Gasteiger partial charge >= 0.3 is 5.97 Å². The van der Waals surface area contributed by atoms with Gasteiger partial charge in [-0.25, -0.2) is 0 Å². The van der Waals surface area contributed by atoms with E-state index in [1.807, 2.05) is 0 Å². The molecule has 0 aromatic heterocycles. The van der Waals surface area contributed by atoms with E-state index >= 15 is 0 Å². The van der Waals surface area contributed by atoms with Crippen molar-refractivity contribution < 1.29 is 34.7 Å². The molecule has 1 saturated heterocycles. The van der Waals surface area contributed by atoms with Crippen molar-refractivity contribution in [1.82, 2.24) is 0 Å². The summed E-state index contributed by atoms with van der Waals surface area (Å²) in [7, 11) is 0. The first-order chi connectivity index (χ1) is 6.87. The second kappa shape index (κ2) is 4.42. The van der Waals surface area contributed by atoms with Gasteiger partial charge in [0.25, 0.3) is 0 Å². The Morgan fingerprint density at radius 2 is 2.13 bits per heavy atom. The molecule has 0 aromatic rings. The fourth-order valence-electron chi connectivity index (χ4n) is 1.22. The van der Waals surface area contributed by atoms with Crippen LogP contribution >= 0.6 is 0 Å². The minimum Gasteiger partial charge on any atom is -0.460 e. The molecule has 0 aliphatic carbocycles. The summed E-state index contributed by atoms with van der Waals surface area (Å²) in [5.74, 6) is -2.83. The van der Waals surface area contributed by atoms with Crippen LogP contribution in [-0.2, 0) is 14.3 Å². The number of hydrogen-bond donors (Lipinski definition) is 4. The molecular weight excluding hydrogens is 208 g/mol. The van der Waals surface area contributed by atoms with E-state index in [2.05, 4.69) is 4.74 Å². The van der Waals surface area contributed by atoms with Gasteiger partial charge in [0, 0.05) is 6.92 Å². The summed E-state index contributed by atoms with van der Waals surface area (Å²) in [6, 6.07) is 0. The van der Waals surface area contributed by atoms with Crippen molar-refractivity contribution in [3.05, 3.63) is 0 Å². The van der Waals surface area contributed by atoms with Crippen molar-refractivity contribution in [2.24, 2.45) is 0 Å². The molecule has 0 unspecified atom stereocenters. The van der Waals surface area contributed by atoms with Crippen LogP contribution in [0.3, 0.4) is 0 Å². The number of rotatable bonds is 2. The highest BCUT2D eigenvalue weighted by Crippen LogP contribution is 2.24. The van der Waals surface area contributed by atoms with Gasteiger partial charge in [0.2, 0.25) is 5.79 Å². The van der Waals surface area contributed by atoms with E-state index < -0.39 is 36.7 Å². The maximum Gasteiger partial charge on any atom is 0.302 e. The Kier molecular flexibility index (Phi) is 3.63. The average molecular weight is 222 g/mol. The molecule has 7 heteroatoms. The predicted octanol–water partition coefficient (Wildman–Crippen LogP) is -2.65. The number of ether oxygens (including phenoxy) is 2. The molecule has 0 spiro atoms. The van der Waals surface area contributed by atoms with Crippen LogP contribution in [0.4, 0.5) is 0 Å². The maximum atomic E-state index is 10.5. The Balaban J connectivity index is 2.63. The molecule has 4 N–H and O–H groups in total. The quantitative estimate of drug-likeness (QED) is 0.377. The third kappa shape index (κ3) is 2.64. The van der Waals surface area contributed by atoms with E-state index in [1.165, 1.54) is 0 Å². The fourth-order valence-corrected chi connectivity index (χ4v) is 1.22. The third-order valence-corrected chi connectivity index (χ3v) is 2.17. The third-order valence-electron chi connectivity index (χ3n) is 2.17. The molecule has 1 aliphatic rings. The van der Waals surface area contributed by atoms with Gasteiger partial charge in [-0.05, 0) is 0 Å². The Morgan fingerprint density at radius 3 is 2.67 bits per heavy atom. The van der Waals surface area contributed by atoms with Crippen molar-refractivity contribution in [2.45, 2.75) is 31.0 Å². The molecule has 1 aliphatic heterocycles. The zero-order chi connectivity index (χ0) is 11.6. The van der Waals surface area contributed by atoms with E-state index in [1.54, 1.807) is 0 Å². The summed E-state index contributed by atoms with van der Waals surface area (Å²) < 4.78 is 9.20. The number of carbonyl (C=O) groups excluding carboxylic acids is 1. The molecule has 7 nitrogen and oxygen atoms in total. The highest BCUT2D eigenvalue weighted by Gasteiger charge is 2.49. The van der Waals surface area contributed by atoms with E-state index in [-0.39, 0.29) is 6.61 Å². The van der Waals surface area contributed by atoms with Crippen LogP contribution < -0.4 is 0 Å². The average Bonchev–Trinajstić information content (AvgIpc) is 2.19. The monoisotopic (exact) mass is 222 g/mol. The topological polar surface area (TPSA) is 116 Å². The summed E-state index contributed by atoms with van der Waals surface area (Å²) in [4.78, 5) is 10.5. The van der Waals surface area contributed by atoms with Gasteiger partial charge < -0.3 is 29.9 Å². The van der Waals surface area contributed by atoms with Gasteiger partial charge in [-0.15, -0.1) is 0 Å². The fraction of sp³-hybridized carbons (Fsp3) is 0.875. The first-order valence-corrected chi connectivity index (χ1v) is 4.41. The van der Waals surface area contributed by atoms with E-state index in [0.717, 1.165) is 6.92 Å². The molecule has 0 saturated carbocycles. The number of hydrogen-bond acceptors (Lipinski definition) is 7. The van der Waals surface area contributed by atoms with Crippen LogP contribution in [0.1, 0.15) is 6.92 Å². The van der Waals surface area contributed by atoms with E-state index in [9.17, 15) is 20.1 Å². The van der Waals surface area contributed by atoms with Crippen molar-refractivity contribution in [3.63, 3.8) is 0 Å². The minimum atomic E-state index is -2.18. The molecule has 0 aromatic carbocycles. The Bertz CT molecular complexity index is 243. The van der Waals surface area contributed by atoms with Gasteiger partial charge in [0.15, 0.2) is 0 Å². The van der Waals surface area contributed by atoms with Gasteiger partial charge in [-0.1, -0.05) is 0 Å². The van der Waals surface area contributed by atoms with Crippen LogP contribution in [0.15, 0.2) is 0 Å². The number of carbonyl (C=O) groups is 1. The molecule has 0 amide bonds. The highest BCUT2D eigenvalue weighted by atomic mass is 16.7. The second-order valence-electron chi connectivity index (χ2n) is 3.44. The van der Waals surface area contributed by atoms with Crippen LogP contribution in [-0.4, -0.2) is 63.7 Å². The molecule has 1 heterocycles. The SMILES string of the molecule is CC(=O)OC[C@]1(O)OC[C@@H](O)[C@H](O)[C@H]1O. The lowest BCUT2D eigenvalue weighted by Gasteiger charge is -2.40. The molecule has 1 rings (SSSR count). The van der Waals surface area contributed by atoms with Crippen molar-refractivity contribution in [1.29, 1.82) is 0 Å². The van der Waals surface area contributed by atoms with Gasteiger partial charge in [-0.3, -0.25) is 4.79 Å². The van der Waals surface area contributed by atoms with Crippen LogP contribution in [0, 0.1) is 0 Å². The molecular formula is C8H14O7. The lowest BCUT2D eigenvalue weighted by molar-refractivity contribution is -0.332. The zero-order valence-corrected chi connectivity index (χ0v) is 8.16. The maximum absolute atomic E-state index is 10.5. The Morgan fingerprint density at radius 1 is 1.53 bits per heavy atom. The summed E-state index contributed by atoms with van der Waals surface area (Å²) in [6.45, 7) is 0.174. The van der Waals surface area contributed by atoms with Gasteiger partial charge in [-0.2, -0.15) is 0 Å². The van der Waals surface area contributed by atoms with Crippen molar-refractivity contribution >= 4 is 5.97 Å². The largest absolute Gasteiger partial charge is 0.460 e. The van der Waals surface area contributed by atoms with Crippen molar-refractivity contribution in [2.75, 3.05) is 13.2 Å². The van der Waals surface area contributed by atoms with Gasteiger partial charge in [0.05, 0.1) is 6.61 Å². The van der Waals surface area contributed by atoms with Crippen LogP contribution in [0.5, 0.6) is 0 Å². The molecule has 88 valence electrons. The minimum absolute atomic E-state index is 0.351. The lowest BCUT2D eigenvalue weighted by Crippen LogP contribution is -2.62. The summed E-state index contributed by atoms with van der Waals surface area (Å²) in [5, 5.41) is 37.4. The van der Waals surface area contributed by atoms with Gasteiger partial charge in [0.1, 0.15) is 24.9 Å². The molecule has 4 atom stereocenters. The first kappa shape index (κ1) is 12.3. The Labute approximate surface area is 85.9 Å². The zero-order valence-electron chi connectivity index (χ0n) is 8.16. The molecule has 0 radical (unpaired) electrons. The predicted molar refractivity (Wildman–Crippen MR) is 45.6 cm³/mol. The van der Waals surface area contributed by atoms with Crippen molar-refractivity contribution in [3.8, 4) is 0 Å². The standard InChI is InChI=1S/C8H14O7/c1-4(9)14-3-8(13)7(12)6(11)5(10)2-15-8/h5-7,10-13H,2-3H2,1H3/t5-,6+,7-,8+/m1/s1. The summed E-state index contributed by atoms with van der Waals surface area (Å²) >= 11 is 0. The highest BCUT2D eigenvalue weighted by molar-refractivity contribution is 5.65. The molecule has 1 fully saturated rings. The molecule has 15 heavy (non-hydrogen) atoms. The smallest absolute Gasteiger partial charge is 0.302 e. The van der Waals surface area contributed by atoms with Crippen LogP contribution in [0.2, 0.25) is 0 Å². The number of aliphatic hydroxyl groups is 4. The van der Waals surface area contributed by atoms with E-state index in [4.69, 9.17) is 9.84 Å². The molecule has 0 bridgehead atoms. The summed E-state index contributed by atoms with van der Waals surface area (Å²) in [6.07, 6.45) is -4.56. The number of esters is 1. The first-order valence-electron chi connectivity index (χ1n) is 4.41. The Hall–Kier alpha value is -0.730. The summed E-state index contributed by atoms with van der Waals surface area (Å²) in [5.41, 5.74) is 0. The normalized spacial score (nSPS) is 41.3. The van der Waals surface area contributed by atoms with E-state index in [0.29, 0.717) is 0 Å².